The summed E-state index contributed by atoms with van der Waals surface area (Å²) >= 11 is 0. The van der Waals surface area contributed by atoms with Crippen LogP contribution in [0.1, 0.15) is 40.5 Å². The van der Waals surface area contributed by atoms with E-state index in [1.807, 2.05) is 26.8 Å². The van der Waals surface area contributed by atoms with Crippen molar-refractivity contribution in [3.05, 3.63) is 30.3 Å². The van der Waals surface area contributed by atoms with Gasteiger partial charge < -0.3 is 19.5 Å². The summed E-state index contributed by atoms with van der Waals surface area (Å²) < 4.78 is 11.0. The molecule has 1 atom stereocenters. The summed E-state index contributed by atoms with van der Waals surface area (Å²) in [4.78, 5) is 27.7. The Morgan fingerprint density at radius 3 is 2.27 bits per heavy atom. The number of carbonyl (C=O) groups is 2. The van der Waals surface area contributed by atoms with Gasteiger partial charge in [0.1, 0.15) is 5.75 Å². The van der Waals surface area contributed by atoms with Crippen molar-refractivity contribution in [3.8, 4) is 5.75 Å². The Morgan fingerprint density at radius 2 is 1.77 bits per heavy atom. The van der Waals surface area contributed by atoms with Crippen molar-refractivity contribution in [1.29, 1.82) is 0 Å². The van der Waals surface area contributed by atoms with Gasteiger partial charge in [0.25, 0.3) is 0 Å². The lowest BCUT2D eigenvalue weighted by atomic mass is 9.81. The largest absolute Gasteiger partial charge is 0.437 e. The highest BCUT2D eigenvalue weighted by Gasteiger charge is 2.65. The lowest BCUT2D eigenvalue weighted by Crippen LogP contribution is -2.64. The van der Waals surface area contributed by atoms with Crippen molar-refractivity contribution in [2.45, 2.75) is 57.4 Å². The lowest BCUT2D eigenvalue weighted by molar-refractivity contribution is -0.177. The van der Waals surface area contributed by atoms with Gasteiger partial charge in [-0.05, 0) is 39.8 Å². The first-order valence-electron chi connectivity index (χ1n) is 8.84. The number of piperidine rings is 1. The van der Waals surface area contributed by atoms with E-state index in [4.69, 9.17) is 9.47 Å². The monoisotopic (exact) mass is 362 g/mol. The number of hydrogen-bond donors (Lipinski definition) is 1. The van der Waals surface area contributed by atoms with Crippen LogP contribution < -0.4 is 4.74 Å². The van der Waals surface area contributed by atoms with Crippen LogP contribution in [0, 0.1) is 0 Å². The first-order chi connectivity index (χ1) is 12.1. The second-order valence-corrected chi connectivity index (χ2v) is 8.06. The van der Waals surface area contributed by atoms with Crippen molar-refractivity contribution in [1.82, 2.24) is 9.80 Å². The number of likely N-dealkylation sites (tertiary alicyclic amines) is 1. The van der Waals surface area contributed by atoms with Gasteiger partial charge in [0.05, 0.1) is 0 Å². The molecule has 2 fully saturated rings. The molecule has 1 N–H and O–H groups in total. The van der Waals surface area contributed by atoms with E-state index in [9.17, 15) is 14.7 Å². The third-order valence-corrected chi connectivity index (χ3v) is 5.21. The summed E-state index contributed by atoms with van der Waals surface area (Å²) in [5.74, 6) is 0.482. The molecule has 1 unspecified atom stereocenters. The third kappa shape index (κ3) is 3.00. The Hall–Kier alpha value is -2.28. The maximum atomic E-state index is 12.4. The van der Waals surface area contributed by atoms with Crippen LogP contribution in [-0.2, 0) is 4.74 Å². The molecular formula is C19H26N2O5. The minimum Gasteiger partial charge on any atom is -0.437 e. The number of hydrogen-bond acceptors (Lipinski definition) is 5. The van der Waals surface area contributed by atoms with E-state index in [1.165, 1.54) is 4.90 Å². The first-order valence-corrected chi connectivity index (χ1v) is 8.84. The number of rotatable bonds is 1. The van der Waals surface area contributed by atoms with E-state index in [2.05, 4.69) is 0 Å². The number of nitrogens with zero attached hydrogens (tertiary/aromatic N) is 2. The summed E-state index contributed by atoms with van der Waals surface area (Å²) in [7, 11) is 0. The molecule has 142 valence electrons. The van der Waals surface area contributed by atoms with Crippen LogP contribution >= 0.6 is 0 Å². The van der Waals surface area contributed by atoms with Gasteiger partial charge >= 0.3 is 12.2 Å². The van der Waals surface area contributed by atoms with E-state index < -0.39 is 29.1 Å². The van der Waals surface area contributed by atoms with Gasteiger partial charge in [0.15, 0.2) is 11.3 Å². The number of ether oxygens (including phenoxy) is 2. The summed E-state index contributed by atoms with van der Waals surface area (Å²) in [6.07, 6.45) is -0.268. The summed E-state index contributed by atoms with van der Waals surface area (Å²) in [5.41, 5.74) is -3.05. The van der Waals surface area contributed by atoms with E-state index in [1.54, 1.807) is 36.1 Å². The highest BCUT2D eigenvalue weighted by atomic mass is 16.6. The molecule has 7 nitrogen and oxygen atoms in total. The quantitative estimate of drug-likeness (QED) is 0.831. The standard InChI is InChI=1S/C19H26N2O5/c1-17(2,3)21-16(23)26-19(18(21,4)24)10-12-20(13-11-19)15(22)25-14-8-6-5-7-9-14/h5-9,24H,10-13H2,1-4H3. The maximum Gasteiger partial charge on any atom is 0.415 e. The summed E-state index contributed by atoms with van der Waals surface area (Å²) in [6, 6.07) is 8.87. The van der Waals surface area contributed by atoms with Gasteiger partial charge in [-0.3, -0.25) is 4.90 Å². The second kappa shape index (κ2) is 6.16. The zero-order valence-corrected chi connectivity index (χ0v) is 15.7. The molecule has 0 aliphatic carbocycles. The fourth-order valence-corrected chi connectivity index (χ4v) is 3.90. The molecule has 1 aromatic rings. The van der Waals surface area contributed by atoms with Crippen LogP contribution in [-0.4, -0.2) is 57.0 Å². The normalized spacial score (nSPS) is 25.3. The molecule has 7 heteroatoms. The predicted octanol–water partition coefficient (Wildman–Crippen LogP) is 2.98. The van der Waals surface area contributed by atoms with Crippen molar-refractivity contribution >= 4 is 12.2 Å². The van der Waals surface area contributed by atoms with Crippen molar-refractivity contribution in [2.75, 3.05) is 13.1 Å². The fourth-order valence-electron chi connectivity index (χ4n) is 3.90. The summed E-state index contributed by atoms with van der Waals surface area (Å²) in [5, 5.41) is 11.1. The van der Waals surface area contributed by atoms with Crippen molar-refractivity contribution in [3.63, 3.8) is 0 Å². The Labute approximate surface area is 153 Å². The molecule has 2 amide bonds. The minimum absolute atomic E-state index is 0.340. The van der Waals surface area contributed by atoms with Crippen LogP contribution in [0.3, 0.4) is 0 Å². The molecule has 2 aliphatic rings. The highest BCUT2D eigenvalue weighted by molar-refractivity contribution is 5.74. The lowest BCUT2D eigenvalue weighted by Gasteiger charge is -2.47. The Kier molecular flexibility index (Phi) is 4.38. The molecule has 0 bridgehead atoms. The van der Waals surface area contributed by atoms with Crippen LogP contribution in [0.2, 0.25) is 0 Å². The molecule has 3 rings (SSSR count). The third-order valence-electron chi connectivity index (χ3n) is 5.21. The topological polar surface area (TPSA) is 79.3 Å². The molecule has 0 saturated carbocycles. The average Bonchev–Trinajstić information content (AvgIpc) is 2.73. The van der Waals surface area contributed by atoms with Gasteiger partial charge in [-0.1, -0.05) is 18.2 Å². The first kappa shape index (κ1) is 18.5. The number of carbonyl (C=O) groups excluding carboxylic acids is 2. The molecule has 2 saturated heterocycles. The Bertz CT molecular complexity index is 688. The Morgan fingerprint density at radius 1 is 1.19 bits per heavy atom. The predicted molar refractivity (Wildman–Crippen MR) is 94.7 cm³/mol. The molecule has 0 radical (unpaired) electrons. The zero-order valence-electron chi connectivity index (χ0n) is 15.7. The van der Waals surface area contributed by atoms with Gasteiger partial charge in [-0.2, -0.15) is 0 Å². The van der Waals surface area contributed by atoms with Gasteiger partial charge in [-0.15, -0.1) is 0 Å². The second-order valence-electron chi connectivity index (χ2n) is 8.06. The zero-order chi connectivity index (χ0) is 19.2. The molecule has 1 spiro atoms. The molecule has 1 aromatic carbocycles. The van der Waals surface area contributed by atoms with Gasteiger partial charge in [0, 0.05) is 31.5 Å². The van der Waals surface area contributed by atoms with Crippen LogP contribution in [0.15, 0.2) is 30.3 Å². The van der Waals surface area contributed by atoms with Crippen LogP contribution in [0.25, 0.3) is 0 Å². The number of amides is 2. The van der Waals surface area contributed by atoms with Crippen molar-refractivity contribution in [2.24, 2.45) is 0 Å². The Balaban J connectivity index is 1.70. The van der Waals surface area contributed by atoms with Gasteiger partial charge in [0.2, 0.25) is 0 Å². The minimum atomic E-state index is -1.45. The van der Waals surface area contributed by atoms with Crippen LogP contribution in [0.5, 0.6) is 5.75 Å². The van der Waals surface area contributed by atoms with Crippen molar-refractivity contribution < 1.29 is 24.2 Å². The smallest absolute Gasteiger partial charge is 0.415 e. The SMILES string of the molecule is CC(C)(C)N1C(=O)OC2(CCN(C(=O)Oc3ccccc3)CC2)C1(C)O. The highest BCUT2D eigenvalue weighted by Crippen LogP contribution is 2.47. The van der Waals surface area contributed by atoms with E-state index >= 15 is 0 Å². The van der Waals surface area contributed by atoms with E-state index in [-0.39, 0.29) is 0 Å². The number of aliphatic hydroxyl groups is 1. The van der Waals surface area contributed by atoms with E-state index in [0.717, 1.165) is 0 Å². The number of para-hydroxylation sites is 1. The molecule has 0 aromatic heterocycles. The fraction of sp³-hybridized carbons (Fsp3) is 0.579. The molecule has 26 heavy (non-hydrogen) atoms. The van der Waals surface area contributed by atoms with E-state index in [0.29, 0.717) is 31.7 Å². The van der Waals surface area contributed by atoms with Gasteiger partial charge in [-0.25, -0.2) is 9.59 Å². The summed E-state index contributed by atoms with van der Waals surface area (Å²) in [6.45, 7) is 7.86. The molecule has 2 heterocycles. The number of benzene rings is 1. The maximum absolute atomic E-state index is 12.4. The molecule has 2 aliphatic heterocycles. The van der Waals surface area contributed by atoms with Crippen LogP contribution in [0.4, 0.5) is 9.59 Å². The molecular weight excluding hydrogens is 336 g/mol. The average molecular weight is 362 g/mol.